The van der Waals surface area contributed by atoms with Gasteiger partial charge in [0.15, 0.2) is 0 Å². The van der Waals surface area contributed by atoms with Crippen molar-refractivity contribution in [2.24, 2.45) is 0 Å². The highest BCUT2D eigenvalue weighted by Crippen LogP contribution is 2.03. The van der Waals surface area contributed by atoms with Gasteiger partial charge in [-0.15, -0.1) is 6.58 Å². The van der Waals surface area contributed by atoms with E-state index in [-0.39, 0.29) is 13.2 Å². The first-order chi connectivity index (χ1) is 8.24. The van der Waals surface area contributed by atoms with Gasteiger partial charge in [0.1, 0.15) is 6.61 Å². The van der Waals surface area contributed by atoms with Crippen LogP contribution in [0.1, 0.15) is 5.56 Å². The Hall–Kier alpha value is -1.87. The number of rotatable bonds is 7. The smallest absolute Gasteiger partial charge is 0.336 e. The summed E-state index contributed by atoms with van der Waals surface area (Å²) in [5, 5.41) is 0. The number of hydrogen-bond acceptors (Lipinski definition) is 3. The molecule has 0 atom stereocenters. The zero-order chi connectivity index (χ0) is 12.5. The van der Waals surface area contributed by atoms with Gasteiger partial charge in [-0.1, -0.05) is 43.0 Å². The van der Waals surface area contributed by atoms with Crippen LogP contribution in [0.5, 0.6) is 0 Å². The molecule has 0 bridgehead atoms. The largest absolute Gasteiger partial charge is 0.457 e. The van der Waals surface area contributed by atoms with Gasteiger partial charge in [0.05, 0.1) is 18.8 Å². The fourth-order valence-electron chi connectivity index (χ4n) is 1.15. The van der Waals surface area contributed by atoms with Crippen LogP contribution in [0.3, 0.4) is 0 Å². The van der Waals surface area contributed by atoms with Crippen LogP contribution in [-0.4, -0.2) is 19.2 Å². The lowest BCUT2D eigenvalue weighted by molar-refractivity contribution is -0.140. The third kappa shape index (κ3) is 5.13. The maximum absolute atomic E-state index is 11.5. The number of hydrogen-bond donors (Lipinski definition) is 0. The molecular weight excluding hydrogens is 216 g/mol. The fourth-order valence-corrected chi connectivity index (χ4v) is 1.15. The van der Waals surface area contributed by atoms with Crippen LogP contribution in [0, 0.1) is 0 Å². The van der Waals surface area contributed by atoms with Gasteiger partial charge < -0.3 is 9.47 Å². The molecule has 0 unspecified atom stereocenters. The van der Waals surface area contributed by atoms with Crippen molar-refractivity contribution in [2.75, 3.05) is 13.2 Å². The first kappa shape index (κ1) is 13.2. The molecule has 3 heteroatoms. The van der Waals surface area contributed by atoms with Gasteiger partial charge in [-0.2, -0.15) is 0 Å². The molecule has 1 aromatic carbocycles. The summed E-state index contributed by atoms with van der Waals surface area (Å²) in [5.41, 5.74) is 1.25. The van der Waals surface area contributed by atoms with E-state index < -0.39 is 5.97 Å². The molecule has 90 valence electrons. The van der Waals surface area contributed by atoms with Crippen molar-refractivity contribution in [1.82, 2.24) is 0 Å². The topological polar surface area (TPSA) is 35.5 Å². The Labute approximate surface area is 101 Å². The number of esters is 1. The fraction of sp³-hybridized carbons (Fsp3) is 0.214. The normalized spacial score (nSPS) is 9.65. The van der Waals surface area contributed by atoms with E-state index in [1.165, 1.54) is 0 Å². The molecule has 1 rings (SSSR count). The van der Waals surface area contributed by atoms with Gasteiger partial charge in [-0.05, 0) is 5.56 Å². The molecule has 0 aliphatic rings. The molecule has 0 radical (unpaired) electrons. The van der Waals surface area contributed by atoms with Crippen LogP contribution >= 0.6 is 0 Å². The average Bonchev–Trinajstić information content (AvgIpc) is 2.37. The molecule has 17 heavy (non-hydrogen) atoms. The van der Waals surface area contributed by atoms with Crippen LogP contribution in [0.25, 0.3) is 0 Å². The van der Waals surface area contributed by atoms with Crippen molar-refractivity contribution in [3.05, 3.63) is 60.7 Å². The monoisotopic (exact) mass is 232 g/mol. The summed E-state index contributed by atoms with van der Waals surface area (Å²) in [6, 6.07) is 9.48. The van der Waals surface area contributed by atoms with Crippen LogP contribution in [0.4, 0.5) is 0 Å². The Morgan fingerprint density at radius 2 is 2.00 bits per heavy atom. The minimum absolute atomic E-state index is 0.166. The second kappa shape index (κ2) is 7.41. The highest BCUT2D eigenvalue weighted by Gasteiger charge is 2.08. The quantitative estimate of drug-likeness (QED) is 0.313. The van der Waals surface area contributed by atoms with E-state index in [0.29, 0.717) is 12.2 Å². The lowest BCUT2D eigenvalue weighted by atomic mass is 10.2. The summed E-state index contributed by atoms with van der Waals surface area (Å²) >= 11 is 0. The molecule has 0 N–H and O–H groups in total. The molecule has 0 saturated heterocycles. The van der Waals surface area contributed by atoms with E-state index in [1.807, 2.05) is 30.3 Å². The summed E-state index contributed by atoms with van der Waals surface area (Å²) < 4.78 is 10.2. The van der Waals surface area contributed by atoms with Gasteiger partial charge >= 0.3 is 5.97 Å². The highest BCUT2D eigenvalue weighted by atomic mass is 16.5. The standard InChI is InChI=1S/C14H16O3/c1-3-9-16-10-12(2)14(15)17-11-13-7-5-4-6-8-13/h3-8H,1-2,9-11H2. The molecule has 0 spiro atoms. The molecule has 0 aliphatic carbocycles. The number of benzene rings is 1. The van der Waals surface area contributed by atoms with Crippen molar-refractivity contribution in [3.8, 4) is 0 Å². The Kier molecular flexibility index (Phi) is 5.75. The second-order valence-corrected chi connectivity index (χ2v) is 3.47. The van der Waals surface area contributed by atoms with E-state index in [1.54, 1.807) is 6.08 Å². The van der Waals surface area contributed by atoms with E-state index in [0.717, 1.165) is 5.56 Å². The third-order valence-electron chi connectivity index (χ3n) is 2.01. The van der Waals surface area contributed by atoms with Gasteiger partial charge in [0, 0.05) is 0 Å². The van der Waals surface area contributed by atoms with Crippen molar-refractivity contribution < 1.29 is 14.3 Å². The lowest BCUT2D eigenvalue weighted by Gasteiger charge is -2.07. The van der Waals surface area contributed by atoms with Gasteiger partial charge in [0.2, 0.25) is 0 Å². The summed E-state index contributed by atoms with van der Waals surface area (Å²) in [5.74, 6) is -0.432. The zero-order valence-electron chi connectivity index (χ0n) is 9.72. The van der Waals surface area contributed by atoms with Crippen LogP contribution in [-0.2, 0) is 20.9 Å². The molecule has 0 amide bonds. The third-order valence-corrected chi connectivity index (χ3v) is 2.01. The van der Waals surface area contributed by atoms with Crippen LogP contribution in [0.15, 0.2) is 55.1 Å². The summed E-state index contributed by atoms with van der Waals surface area (Å²) in [7, 11) is 0. The zero-order valence-corrected chi connectivity index (χ0v) is 9.72. The van der Waals surface area contributed by atoms with Gasteiger partial charge in [-0.25, -0.2) is 4.79 Å². The molecule has 0 heterocycles. The predicted molar refractivity (Wildman–Crippen MR) is 66.4 cm³/mol. The maximum atomic E-state index is 11.5. The number of carbonyl (C=O) groups is 1. The molecular formula is C14H16O3. The molecule has 3 nitrogen and oxygen atoms in total. The van der Waals surface area contributed by atoms with Crippen molar-refractivity contribution in [1.29, 1.82) is 0 Å². The highest BCUT2D eigenvalue weighted by molar-refractivity contribution is 5.87. The Morgan fingerprint density at radius 3 is 2.65 bits per heavy atom. The average molecular weight is 232 g/mol. The summed E-state index contributed by atoms with van der Waals surface area (Å²) in [4.78, 5) is 11.5. The van der Waals surface area contributed by atoms with Crippen molar-refractivity contribution in [3.63, 3.8) is 0 Å². The predicted octanol–water partition coefficient (Wildman–Crippen LogP) is 2.49. The minimum atomic E-state index is -0.432. The van der Waals surface area contributed by atoms with Gasteiger partial charge in [-0.3, -0.25) is 0 Å². The Morgan fingerprint density at radius 1 is 1.29 bits per heavy atom. The lowest BCUT2D eigenvalue weighted by Crippen LogP contribution is -2.11. The SMILES string of the molecule is C=CCOCC(=C)C(=O)OCc1ccccc1. The van der Waals surface area contributed by atoms with Crippen LogP contribution in [0.2, 0.25) is 0 Å². The molecule has 0 saturated carbocycles. The number of carbonyl (C=O) groups excluding carboxylic acids is 1. The summed E-state index contributed by atoms with van der Waals surface area (Å²) in [6.45, 7) is 7.92. The summed E-state index contributed by atoms with van der Waals surface area (Å²) in [6.07, 6.45) is 1.61. The van der Waals surface area contributed by atoms with Gasteiger partial charge in [0.25, 0.3) is 0 Å². The number of ether oxygens (including phenoxy) is 2. The molecule has 1 aromatic rings. The van der Waals surface area contributed by atoms with Crippen LogP contribution < -0.4 is 0 Å². The van der Waals surface area contributed by atoms with E-state index in [4.69, 9.17) is 9.47 Å². The first-order valence-corrected chi connectivity index (χ1v) is 5.31. The second-order valence-electron chi connectivity index (χ2n) is 3.47. The van der Waals surface area contributed by atoms with E-state index >= 15 is 0 Å². The first-order valence-electron chi connectivity index (χ1n) is 5.31. The maximum Gasteiger partial charge on any atom is 0.336 e. The minimum Gasteiger partial charge on any atom is -0.457 e. The van der Waals surface area contributed by atoms with E-state index in [9.17, 15) is 4.79 Å². The Bertz CT molecular complexity index is 382. The van der Waals surface area contributed by atoms with E-state index in [2.05, 4.69) is 13.2 Å². The molecule has 0 fully saturated rings. The van der Waals surface area contributed by atoms with Crippen molar-refractivity contribution in [2.45, 2.75) is 6.61 Å². The molecule has 0 aromatic heterocycles. The molecule has 0 aliphatic heterocycles. The Balaban J connectivity index is 2.29. The van der Waals surface area contributed by atoms with Crippen molar-refractivity contribution >= 4 is 5.97 Å².